The highest BCUT2D eigenvalue weighted by atomic mass is 35.5. The van der Waals surface area contributed by atoms with Crippen LogP contribution in [0.15, 0.2) is 59.5 Å². The number of halogens is 1. The zero-order chi connectivity index (χ0) is 22.6. The number of hydrogen-bond acceptors (Lipinski definition) is 4. The van der Waals surface area contributed by atoms with Crippen molar-refractivity contribution in [2.45, 2.75) is 43.0 Å². The van der Waals surface area contributed by atoms with Gasteiger partial charge in [0, 0.05) is 42.9 Å². The molecule has 1 saturated heterocycles. The maximum Gasteiger partial charge on any atom is 0.243 e. The van der Waals surface area contributed by atoms with E-state index in [9.17, 15) is 13.2 Å². The lowest BCUT2D eigenvalue weighted by Gasteiger charge is -2.38. The Balaban J connectivity index is 1.47. The Morgan fingerprint density at radius 3 is 2.16 bits per heavy atom. The zero-order valence-corrected chi connectivity index (χ0v) is 19.8. The van der Waals surface area contributed by atoms with Crippen LogP contribution in [-0.4, -0.2) is 62.3 Å². The summed E-state index contributed by atoms with van der Waals surface area (Å²) in [6.45, 7) is 2.55. The van der Waals surface area contributed by atoms with Crippen molar-refractivity contribution in [2.24, 2.45) is 0 Å². The predicted molar refractivity (Wildman–Crippen MR) is 127 cm³/mol. The number of hydrogen-bond donors (Lipinski definition) is 0. The third-order valence-electron chi connectivity index (χ3n) is 6.45. The lowest BCUT2D eigenvalue weighted by Crippen LogP contribution is -2.53. The molecule has 0 radical (unpaired) electrons. The molecule has 2 fully saturated rings. The number of carbonyl (C=O) groups is 1. The Labute approximate surface area is 195 Å². The van der Waals surface area contributed by atoms with Crippen molar-refractivity contribution < 1.29 is 13.2 Å². The summed E-state index contributed by atoms with van der Waals surface area (Å²) >= 11 is 5.96. The summed E-state index contributed by atoms with van der Waals surface area (Å²) in [6, 6.07) is 16.2. The van der Waals surface area contributed by atoms with E-state index in [0.29, 0.717) is 18.1 Å². The van der Waals surface area contributed by atoms with Crippen LogP contribution in [0.5, 0.6) is 0 Å². The summed E-state index contributed by atoms with van der Waals surface area (Å²) < 4.78 is 28.4. The Hall–Kier alpha value is -2.09. The van der Waals surface area contributed by atoms with Crippen LogP contribution in [0, 0.1) is 0 Å². The molecule has 4 rings (SSSR count). The molecule has 1 heterocycles. The van der Waals surface area contributed by atoms with Gasteiger partial charge in [-0.25, -0.2) is 8.42 Å². The molecule has 172 valence electrons. The maximum atomic E-state index is 13.5. The van der Waals surface area contributed by atoms with E-state index < -0.39 is 10.0 Å². The average molecular weight is 476 g/mol. The Kier molecular flexibility index (Phi) is 7.38. The van der Waals surface area contributed by atoms with Crippen molar-refractivity contribution in [1.82, 2.24) is 9.21 Å². The molecule has 0 spiro atoms. The van der Waals surface area contributed by atoms with Gasteiger partial charge in [-0.05, 0) is 49.2 Å². The van der Waals surface area contributed by atoms with Crippen LogP contribution in [0.4, 0.5) is 5.69 Å². The molecular weight excluding hydrogens is 446 g/mol. The molecule has 0 N–H and O–H groups in total. The minimum Gasteiger partial charge on any atom is -0.368 e. The van der Waals surface area contributed by atoms with Gasteiger partial charge in [-0.1, -0.05) is 49.1 Å². The predicted octanol–water partition coefficient (Wildman–Crippen LogP) is 4.01. The topological polar surface area (TPSA) is 60.9 Å². The molecule has 8 heteroatoms. The normalized spacial score (nSPS) is 18.2. The molecular formula is C24H30ClN3O3S. The third-order valence-corrected chi connectivity index (χ3v) is 8.61. The number of amides is 1. The van der Waals surface area contributed by atoms with Crippen LogP contribution >= 0.6 is 11.6 Å². The van der Waals surface area contributed by atoms with Gasteiger partial charge in [-0.3, -0.25) is 4.79 Å². The number of carbonyl (C=O) groups excluding carboxylic acids is 1. The average Bonchev–Trinajstić information content (AvgIpc) is 2.84. The highest BCUT2D eigenvalue weighted by molar-refractivity contribution is 7.89. The molecule has 2 aromatic carbocycles. The summed E-state index contributed by atoms with van der Waals surface area (Å²) in [5.74, 6) is -0.124. The maximum absolute atomic E-state index is 13.5. The first-order valence-electron chi connectivity index (χ1n) is 11.3. The molecule has 32 heavy (non-hydrogen) atoms. The standard InChI is InChI=1S/C24H30ClN3O3S/c25-20-11-13-23(14-12-20)32(30,31)28(22-9-5-2-6-10-22)19-24(29)27-17-15-26(16-18-27)21-7-3-1-4-8-21/h1,3-4,7-8,11-14,22H,2,5-6,9-10,15-19H2. The molecule has 1 aliphatic carbocycles. The summed E-state index contributed by atoms with van der Waals surface area (Å²) in [5, 5.41) is 0.487. The fourth-order valence-electron chi connectivity index (χ4n) is 4.61. The number of piperazine rings is 1. The first-order valence-corrected chi connectivity index (χ1v) is 13.1. The van der Waals surface area contributed by atoms with Crippen molar-refractivity contribution in [3.05, 3.63) is 59.6 Å². The summed E-state index contributed by atoms with van der Waals surface area (Å²) in [6.07, 6.45) is 4.67. The highest BCUT2D eigenvalue weighted by Crippen LogP contribution is 2.28. The van der Waals surface area contributed by atoms with Gasteiger partial charge >= 0.3 is 0 Å². The van der Waals surface area contributed by atoms with Gasteiger partial charge in [0.25, 0.3) is 0 Å². The second kappa shape index (κ2) is 10.2. The SMILES string of the molecule is O=C(CN(C1CCCCC1)S(=O)(=O)c1ccc(Cl)cc1)N1CCN(c2ccccc2)CC1. The first-order chi connectivity index (χ1) is 15.4. The van der Waals surface area contributed by atoms with Gasteiger partial charge < -0.3 is 9.80 Å². The quantitative estimate of drug-likeness (QED) is 0.633. The lowest BCUT2D eigenvalue weighted by atomic mass is 9.95. The van der Waals surface area contributed by atoms with Crippen LogP contribution < -0.4 is 4.90 Å². The minimum atomic E-state index is -3.79. The van der Waals surface area contributed by atoms with Gasteiger partial charge in [0.05, 0.1) is 11.4 Å². The van der Waals surface area contributed by atoms with Gasteiger partial charge in [0.15, 0.2) is 0 Å². The molecule has 0 aromatic heterocycles. The van der Waals surface area contributed by atoms with Crippen molar-refractivity contribution in [3.63, 3.8) is 0 Å². The Morgan fingerprint density at radius 1 is 0.906 bits per heavy atom. The smallest absolute Gasteiger partial charge is 0.243 e. The third kappa shape index (κ3) is 5.27. The molecule has 0 atom stereocenters. The molecule has 1 saturated carbocycles. The Bertz CT molecular complexity index is 1000. The summed E-state index contributed by atoms with van der Waals surface area (Å²) in [7, 11) is -3.79. The van der Waals surface area contributed by atoms with Crippen LogP contribution in [0.3, 0.4) is 0 Å². The zero-order valence-electron chi connectivity index (χ0n) is 18.2. The second-order valence-electron chi connectivity index (χ2n) is 8.50. The van der Waals surface area contributed by atoms with Crippen molar-refractivity contribution in [2.75, 3.05) is 37.6 Å². The van der Waals surface area contributed by atoms with Gasteiger partial charge in [0.1, 0.15) is 0 Å². The van der Waals surface area contributed by atoms with E-state index in [1.807, 2.05) is 18.2 Å². The largest absolute Gasteiger partial charge is 0.368 e. The van der Waals surface area contributed by atoms with Crippen LogP contribution in [0.25, 0.3) is 0 Å². The highest BCUT2D eigenvalue weighted by Gasteiger charge is 2.35. The monoisotopic (exact) mass is 475 g/mol. The fourth-order valence-corrected chi connectivity index (χ4v) is 6.37. The van der Waals surface area contributed by atoms with Crippen LogP contribution in [0.1, 0.15) is 32.1 Å². The van der Waals surface area contributed by atoms with E-state index >= 15 is 0 Å². The van der Waals surface area contributed by atoms with E-state index in [1.54, 1.807) is 17.0 Å². The Morgan fingerprint density at radius 2 is 1.53 bits per heavy atom. The van der Waals surface area contributed by atoms with Crippen molar-refractivity contribution in [1.29, 1.82) is 0 Å². The minimum absolute atomic E-state index is 0.110. The van der Waals surface area contributed by atoms with E-state index in [0.717, 1.165) is 50.9 Å². The lowest BCUT2D eigenvalue weighted by molar-refractivity contribution is -0.132. The van der Waals surface area contributed by atoms with E-state index in [1.165, 1.54) is 16.4 Å². The molecule has 2 aliphatic rings. The second-order valence-corrected chi connectivity index (χ2v) is 10.8. The number of sulfonamides is 1. The molecule has 2 aromatic rings. The molecule has 6 nitrogen and oxygen atoms in total. The van der Waals surface area contributed by atoms with Crippen LogP contribution in [-0.2, 0) is 14.8 Å². The van der Waals surface area contributed by atoms with Gasteiger partial charge in [-0.2, -0.15) is 4.31 Å². The first kappa shape index (κ1) is 23.1. The van der Waals surface area contributed by atoms with Gasteiger partial charge in [-0.15, -0.1) is 0 Å². The van der Waals surface area contributed by atoms with E-state index in [-0.39, 0.29) is 23.4 Å². The molecule has 0 bridgehead atoms. The molecule has 1 aliphatic heterocycles. The number of para-hydroxylation sites is 1. The number of benzene rings is 2. The van der Waals surface area contributed by atoms with Crippen molar-refractivity contribution in [3.8, 4) is 0 Å². The van der Waals surface area contributed by atoms with E-state index in [2.05, 4.69) is 17.0 Å². The number of anilines is 1. The van der Waals surface area contributed by atoms with Gasteiger partial charge in [0.2, 0.25) is 15.9 Å². The molecule has 1 amide bonds. The summed E-state index contributed by atoms with van der Waals surface area (Å²) in [5.41, 5.74) is 1.15. The number of rotatable bonds is 6. The summed E-state index contributed by atoms with van der Waals surface area (Å²) in [4.78, 5) is 17.5. The fraction of sp³-hybridized carbons (Fsp3) is 0.458. The molecule has 0 unspecified atom stereocenters. The van der Waals surface area contributed by atoms with Crippen LogP contribution in [0.2, 0.25) is 5.02 Å². The van der Waals surface area contributed by atoms with Crippen molar-refractivity contribution >= 4 is 33.2 Å². The number of nitrogens with zero attached hydrogens (tertiary/aromatic N) is 3. The van der Waals surface area contributed by atoms with E-state index in [4.69, 9.17) is 11.6 Å².